The Labute approximate surface area is 134 Å². The molecule has 22 heavy (non-hydrogen) atoms. The van der Waals surface area contributed by atoms with Crippen molar-refractivity contribution in [3.8, 4) is 5.75 Å². The first kappa shape index (κ1) is 15.0. The van der Waals surface area contributed by atoms with E-state index in [9.17, 15) is 4.79 Å². The third kappa shape index (κ3) is 3.27. The van der Waals surface area contributed by atoms with Gasteiger partial charge in [0.1, 0.15) is 16.7 Å². The highest BCUT2D eigenvalue weighted by Gasteiger charge is 2.26. The number of pyridine rings is 1. The Balaban J connectivity index is 1.57. The summed E-state index contributed by atoms with van der Waals surface area (Å²) in [6, 6.07) is 3.77. The van der Waals surface area contributed by atoms with Crippen LogP contribution in [-0.2, 0) is 0 Å². The summed E-state index contributed by atoms with van der Waals surface area (Å²) in [6.07, 6.45) is 5.29. The molecule has 0 aliphatic carbocycles. The summed E-state index contributed by atoms with van der Waals surface area (Å²) in [4.78, 5) is 23.6. The van der Waals surface area contributed by atoms with E-state index in [4.69, 9.17) is 4.74 Å². The van der Waals surface area contributed by atoms with Gasteiger partial charge in [-0.2, -0.15) is 0 Å². The van der Waals surface area contributed by atoms with Gasteiger partial charge < -0.3 is 9.64 Å². The topological polar surface area (TPSA) is 55.3 Å². The fraction of sp³-hybridized carbons (Fsp3) is 0.438. The van der Waals surface area contributed by atoms with Crippen molar-refractivity contribution in [2.45, 2.75) is 32.8 Å². The van der Waals surface area contributed by atoms with Gasteiger partial charge in [-0.25, -0.2) is 4.98 Å². The minimum atomic E-state index is 0.0999. The number of carbonyl (C=O) groups excluding carboxylic acids is 1. The molecule has 1 saturated heterocycles. The second-order valence-electron chi connectivity index (χ2n) is 5.45. The van der Waals surface area contributed by atoms with Crippen LogP contribution in [0.4, 0.5) is 0 Å². The smallest absolute Gasteiger partial charge is 0.265 e. The van der Waals surface area contributed by atoms with Crippen molar-refractivity contribution in [3.63, 3.8) is 0 Å². The van der Waals surface area contributed by atoms with Gasteiger partial charge in [-0.1, -0.05) is 0 Å². The predicted octanol–water partition coefficient (Wildman–Crippen LogP) is 2.84. The molecule has 116 valence electrons. The van der Waals surface area contributed by atoms with E-state index in [0.717, 1.165) is 47.3 Å². The third-order valence-electron chi connectivity index (χ3n) is 3.76. The number of nitrogens with zero attached hydrogens (tertiary/aromatic N) is 3. The van der Waals surface area contributed by atoms with Crippen LogP contribution in [0.2, 0.25) is 0 Å². The van der Waals surface area contributed by atoms with Crippen molar-refractivity contribution in [2.24, 2.45) is 0 Å². The van der Waals surface area contributed by atoms with Crippen molar-refractivity contribution in [3.05, 3.63) is 40.1 Å². The summed E-state index contributed by atoms with van der Waals surface area (Å²) in [6.45, 7) is 5.28. The highest BCUT2D eigenvalue weighted by molar-refractivity contribution is 7.13. The van der Waals surface area contributed by atoms with Gasteiger partial charge in [-0.3, -0.25) is 9.78 Å². The molecule has 1 fully saturated rings. The Kier molecular flexibility index (Phi) is 4.38. The number of amides is 1. The van der Waals surface area contributed by atoms with E-state index in [1.54, 1.807) is 12.4 Å². The maximum atomic E-state index is 12.5. The van der Waals surface area contributed by atoms with Gasteiger partial charge in [-0.05, 0) is 26.0 Å². The number of rotatable bonds is 3. The van der Waals surface area contributed by atoms with Crippen molar-refractivity contribution in [2.75, 3.05) is 13.1 Å². The zero-order chi connectivity index (χ0) is 15.5. The molecule has 1 amide bonds. The average molecular weight is 317 g/mol. The molecule has 0 unspecified atom stereocenters. The van der Waals surface area contributed by atoms with Gasteiger partial charge in [0, 0.05) is 32.1 Å². The van der Waals surface area contributed by atoms with Crippen LogP contribution in [0.15, 0.2) is 24.5 Å². The molecule has 0 N–H and O–H groups in total. The molecule has 0 saturated carbocycles. The largest absolute Gasteiger partial charge is 0.489 e. The van der Waals surface area contributed by atoms with Crippen molar-refractivity contribution in [1.82, 2.24) is 14.9 Å². The lowest BCUT2D eigenvalue weighted by Gasteiger charge is -2.32. The summed E-state index contributed by atoms with van der Waals surface area (Å²) in [5, 5.41) is 0.940. The maximum absolute atomic E-state index is 12.5. The summed E-state index contributed by atoms with van der Waals surface area (Å²) in [7, 11) is 0. The van der Waals surface area contributed by atoms with E-state index in [2.05, 4.69) is 9.97 Å². The molecule has 6 heteroatoms. The molecular weight excluding hydrogens is 298 g/mol. The molecule has 3 heterocycles. The molecule has 0 spiro atoms. The van der Waals surface area contributed by atoms with Crippen LogP contribution in [0.5, 0.6) is 5.75 Å². The summed E-state index contributed by atoms with van der Waals surface area (Å²) >= 11 is 1.48. The number of hydrogen-bond donors (Lipinski definition) is 0. The van der Waals surface area contributed by atoms with Gasteiger partial charge in [-0.15, -0.1) is 11.3 Å². The normalized spacial score (nSPS) is 15.8. The van der Waals surface area contributed by atoms with Crippen molar-refractivity contribution < 1.29 is 9.53 Å². The number of ether oxygens (including phenoxy) is 1. The molecule has 2 aromatic heterocycles. The zero-order valence-electron chi connectivity index (χ0n) is 12.8. The average Bonchev–Trinajstić information content (AvgIpc) is 2.87. The Morgan fingerprint density at radius 1 is 1.36 bits per heavy atom. The van der Waals surface area contributed by atoms with Crippen LogP contribution in [0, 0.1) is 13.8 Å². The monoisotopic (exact) mass is 317 g/mol. The quantitative estimate of drug-likeness (QED) is 0.873. The molecule has 5 nitrogen and oxygen atoms in total. The molecule has 0 aromatic carbocycles. The maximum Gasteiger partial charge on any atom is 0.265 e. The second kappa shape index (κ2) is 6.44. The van der Waals surface area contributed by atoms with Crippen LogP contribution < -0.4 is 4.74 Å². The van der Waals surface area contributed by atoms with Gasteiger partial charge in [0.2, 0.25) is 0 Å². The molecule has 2 aromatic rings. The predicted molar refractivity (Wildman–Crippen MR) is 85.4 cm³/mol. The van der Waals surface area contributed by atoms with Gasteiger partial charge in [0.25, 0.3) is 5.91 Å². The summed E-state index contributed by atoms with van der Waals surface area (Å²) < 4.78 is 5.91. The standard InChI is InChI=1S/C16H19N3O2S/c1-11-15(22-12(2)18-11)16(20)19-8-5-13(6-9-19)21-14-4-3-7-17-10-14/h3-4,7,10,13H,5-6,8-9H2,1-2H3. The SMILES string of the molecule is Cc1nc(C)c(C(=O)N2CCC(Oc3cccnc3)CC2)s1. The Morgan fingerprint density at radius 2 is 2.14 bits per heavy atom. The lowest BCUT2D eigenvalue weighted by Crippen LogP contribution is -2.41. The number of aryl methyl sites for hydroxylation is 2. The first-order valence-electron chi connectivity index (χ1n) is 7.43. The van der Waals surface area contributed by atoms with Crippen LogP contribution in [0.25, 0.3) is 0 Å². The Morgan fingerprint density at radius 3 is 2.73 bits per heavy atom. The van der Waals surface area contributed by atoms with Crippen LogP contribution in [0.1, 0.15) is 33.2 Å². The number of piperidine rings is 1. The summed E-state index contributed by atoms with van der Waals surface area (Å²) in [5.74, 6) is 0.893. The van der Waals surface area contributed by atoms with Crippen molar-refractivity contribution in [1.29, 1.82) is 0 Å². The number of aromatic nitrogens is 2. The van der Waals surface area contributed by atoms with Crippen LogP contribution >= 0.6 is 11.3 Å². The van der Waals surface area contributed by atoms with E-state index in [0.29, 0.717) is 0 Å². The zero-order valence-corrected chi connectivity index (χ0v) is 13.6. The minimum absolute atomic E-state index is 0.0999. The van der Waals surface area contributed by atoms with Gasteiger partial charge in [0.05, 0.1) is 16.9 Å². The lowest BCUT2D eigenvalue weighted by atomic mass is 10.1. The highest BCUT2D eigenvalue weighted by Crippen LogP contribution is 2.23. The van der Waals surface area contributed by atoms with Gasteiger partial charge in [0.15, 0.2) is 0 Å². The minimum Gasteiger partial charge on any atom is -0.489 e. The van der Waals surface area contributed by atoms with E-state index >= 15 is 0 Å². The number of thiazole rings is 1. The fourth-order valence-electron chi connectivity index (χ4n) is 2.66. The van der Waals surface area contributed by atoms with E-state index in [1.165, 1.54) is 11.3 Å². The van der Waals surface area contributed by atoms with Crippen LogP contribution in [-0.4, -0.2) is 40.0 Å². The molecule has 0 atom stereocenters. The Hall–Kier alpha value is -1.95. The first-order chi connectivity index (χ1) is 10.6. The molecule has 1 aliphatic heterocycles. The van der Waals surface area contributed by atoms with E-state index < -0.39 is 0 Å². The number of likely N-dealkylation sites (tertiary alicyclic amines) is 1. The fourth-order valence-corrected chi connectivity index (χ4v) is 3.55. The van der Waals surface area contributed by atoms with E-state index in [1.807, 2.05) is 30.9 Å². The van der Waals surface area contributed by atoms with Crippen LogP contribution in [0.3, 0.4) is 0 Å². The Bertz CT molecular complexity index is 649. The molecular formula is C16H19N3O2S. The molecule has 3 rings (SSSR count). The summed E-state index contributed by atoms with van der Waals surface area (Å²) in [5.41, 5.74) is 0.834. The number of carbonyl (C=O) groups is 1. The van der Waals surface area contributed by atoms with Gasteiger partial charge >= 0.3 is 0 Å². The third-order valence-corrected chi connectivity index (χ3v) is 4.82. The van der Waals surface area contributed by atoms with E-state index in [-0.39, 0.29) is 12.0 Å². The number of hydrogen-bond acceptors (Lipinski definition) is 5. The van der Waals surface area contributed by atoms with Crippen molar-refractivity contribution >= 4 is 17.2 Å². The molecule has 0 radical (unpaired) electrons. The second-order valence-corrected chi connectivity index (χ2v) is 6.65. The molecule has 1 aliphatic rings. The first-order valence-corrected chi connectivity index (χ1v) is 8.25. The molecule has 0 bridgehead atoms. The lowest BCUT2D eigenvalue weighted by molar-refractivity contribution is 0.0598. The highest BCUT2D eigenvalue weighted by atomic mass is 32.1.